The Kier molecular flexibility index (Phi) is 7.25. The Morgan fingerprint density at radius 3 is 2.49 bits per heavy atom. The second-order valence-electron chi connectivity index (χ2n) is 9.51. The number of nitro benzene ring substituents is 1. The number of nitrogens with zero attached hydrogens (tertiary/aromatic N) is 4. The van der Waals surface area contributed by atoms with E-state index in [1.807, 2.05) is 35.2 Å². The Balaban J connectivity index is 1.32. The molecular weight excluding hydrogens is 526 g/mol. The number of piperidine rings is 1. The van der Waals surface area contributed by atoms with Crippen LogP contribution in [0, 0.1) is 10.1 Å². The minimum atomic E-state index is -0.925. The van der Waals surface area contributed by atoms with Gasteiger partial charge in [0.05, 0.1) is 24.4 Å². The van der Waals surface area contributed by atoms with Gasteiger partial charge in [-0.1, -0.05) is 29.8 Å². The van der Waals surface area contributed by atoms with E-state index in [9.17, 15) is 24.5 Å². The van der Waals surface area contributed by atoms with Gasteiger partial charge in [-0.25, -0.2) is 0 Å². The number of halogens is 1. The fourth-order valence-corrected chi connectivity index (χ4v) is 5.38. The Labute approximate surface area is 229 Å². The lowest BCUT2D eigenvalue weighted by molar-refractivity contribution is -0.384. The van der Waals surface area contributed by atoms with Gasteiger partial charge in [-0.3, -0.25) is 24.5 Å². The highest BCUT2D eigenvalue weighted by Crippen LogP contribution is 2.40. The molecule has 0 radical (unpaired) electrons. The number of amides is 3. The lowest BCUT2D eigenvalue weighted by Crippen LogP contribution is -2.57. The van der Waals surface area contributed by atoms with Gasteiger partial charge in [0.1, 0.15) is 22.9 Å². The molecule has 3 heterocycles. The van der Waals surface area contributed by atoms with Crippen molar-refractivity contribution in [1.29, 1.82) is 0 Å². The van der Waals surface area contributed by atoms with Crippen LogP contribution in [-0.2, 0) is 16.1 Å². The lowest BCUT2D eigenvalue weighted by Gasteiger charge is -2.43. The SMILES string of the molecule is O=C(CN1CN(c2ccccc2)C2(CCN(C(=O)c3ccc(Cl)c([N+](=O)[O-])c3)CC2)C1=O)NCc1ccco1. The quantitative estimate of drug-likeness (QED) is 0.352. The number of para-hydroxylation sites is 1. The van der Waals surface area contributed by atoms with Crippen LogP contribution in [0.1, 0.15) is 29.0 Å². The van der Waals surface area contributed by atoms with Crippen molar-refractivity contribution in [3.63, 3.8) is 0 Å². The van der Waals surface area contributed by atoms with Crippen molar-refractivity contribution in [3.8, 4) is 0 Å². The number of hydrogen-bond acceptors (Lipinski definition) is 7. The number of hydrogen-bond donors (Lipinski definition) is 1. The predicted molar refractivity (Wildman–Crippen MR) is 142 cm³/mol. The molecule has 2 saturated heterocycles. The molecule has 5 rings (SSSR count). The molecule has 2 fully saturated rings. The topological polar surface area (TPSA) is 129 Å². The van der Waals surface area contributed by atoms with Crippen LogP contribution in [-0.4, -0.2) is 64.3 Å². The molecule has 2 aliphatic rings. The molecule has 1 N–H and O–H groups in total. The van der Waals surface area contributed by atoms with Crippen molar-refractivity contribution in [1.82, 2.24) is 15.1 Å². The highest BCUT2D eigenvalue weighted by Gasteiger charge is 2.54. The fraction of sp³-hybridized carbons (Fsp3) is 0.296. The van der Waals surface area contributed by atoms with Gasteiger partial charge in [-0.05, 0) is 49.2 Å². The van der Waals surface area contributed by atoms with Gasteiger partial charge in [0, 0.05) is 30.4 Å². The summed E-state index contributed by atoms with van der Waals surface area (Å²) in [5, 5.41) is 14.0. The van der Waals surface area contributed by atoms with Crippen LogP contribution in [0.2, 0.25) is 5.02 Å². The summed E-state index contributed by atoms with van der Waals surface area (Å²) in [5.41, 5.74) is -0.254. The first-order valence-electron chi connectivity index (χ1n) is 12.4. The second-order valence-corrected chi connectivity index (χ2v) is 9.92. The first kappa shape index (κ1) is 26.2. The third-order valence-corrected chi connectivity index (χ3v) is 7.54. The van der Waals surface area contributed by atoms with Crippen LogP contribution in [0.25, 0.3) is 0 Å². The minimum Gasteiger partial charge on any atom is -0.467 e. The standard InChI is InChI=1S/C27H26ClN5O6/c28-22-9-8-19(15-23(22)33(37)38)25(35)30-12-10-27(11-13-30)26(36)31(18-32(27)20-5-2-1-3-6-20)17-24(34)29-16-21-7-4-14-39-21/h1-9,14-15H,10-13,16-18H2,(H,29,34). The van der Waals surface area contributed by atoms with Gasteiger partial charge in [0.2, 0.25) is 5.91 Å². The number of anilines is 1. The Morgan fingerprint density at radius 2 is 1.82 bits per heavy atom. The van der Waals surface area contributed by atoms with Crippen LogP contribution in [0.3, 0.4) is 0 Å². The van der Waals surface area contributed by atoms with Crippen molar-refractivity contribution >= 4 is 40.7 Å². The zero-order valence-electron chi connectivity index (χ0n) is 20.9. The number of benzene rings is 2. The smallest absolute Gasteiger partial charge is 0.288 e. The molecule has 1 spiro atoms. The third-order valence-electron chi connectivity index (χ3n) is 7.22. The molecule has 202 valence electrons. The van der Waals surface area contributed by atoms with E-state index in [2.05, 4.69) is 5.32 Å². The molecule has 0 bridgehead atoms. The van der Waals surface area contributed by atoms with E-state index in [-0.39, 0.29) is 66.8 Å². The molecule has 39 heavy (non-hydrogen) atoms. The zero-order valence-corrected chi connectivity index (χ0v) is 21.7. The average molecular weight is 552 g/mol. The summed E-state index contributed by atoms with van der Waals surface area (Å²) < 4.78 is 5.25. The molecule has 2 aromatic carbocycles. The third kappa shape index (κ3) is 5.17. The van der Waals surface area contributed by atoms with Gasteiger partial charge in [0.25, 0.3) is 17.5 Å². The Morgan fingerprint density at radius 1 is 1.08 bits per heavy atom. The minimum absolute atomic E-state index is 0.0440. The molecule has 0 atom stereocenters. The maximum Gasteiger partial charge on any atom is 0.288 e. The summed E-state index contributed by atoms with van der Waals surface area (Å²) in [7, 11) is 0. The average Bonchev–Trinajstić information content (AvgIpc) is 3.56. The number of likely N-dealkylation sites (tertiary alicyclic amines) is 1. The summed E-state index contributed by atoms with van der Waals surface area (Å²) >= 11 is 5.90. The van der Waals surface area contributed by atoms with Gasteiger partial charge in [0.15, 0.2) is 0 Å². The Bertz CT molecular complexity index is 1390. The largest absolute Gasteiger partial charge is 0.467 e. The summed E-state index contributed by atoms with van der Waals surface area (Å²) in [6.07, 6.45) is 2.21. The maximum absolute atomic E-state index is 13.8. The molecule has 2 aliphatic heterocycles. The van der Waals surface area contributed by atoms with Crippen molar-refractivity contribution in [3.05, 3.63) is 93.4 Å². The number of rotatable bonds is 7. The predicted octanol–water partition coefficient (Wildman–Crippen LogP) is 3.44. The van der Waals surface area contributed by atoms with Crippen molar-refractivity contribution < 1.29 is 23.7 Å². The lowest BCUT2D eigenvalue weighted by atomic mass is 9.85. The molecule has 3 aromatic rings. The van der Waals surface area contributed by atoms with Crippen molar-refractivity contribution in [2.24, 2.45) is 0 Å². The van der Waals surface area contributed by atoms with E-state index < -0.39 is 10.5 Å². The van der Waals surface area contributed by atoms with Gasteiger partial charge >= 0.3 is 0 Å². The monoisotopic (exact) mass is 551 g/mol. The van der Waals surface area contributed by atoms with E-state index in [1.165, 1.54) is 29.4 Å². The van der Waals surface area contributed by atoms with E-state index in [1.54, 1.807) is 17.0 Å². The van der Waals surface area contributed by atoms with Gasteiger partial charge in [-0.2, -0.15) is 0 Å². The fourth-order valence-electron chi connectivity index (χ4n) is 5.20. The Hall–Kier alpha value is -4.38. The van der Waals surface area contributed by atoms with Gasteiger partial charge < -0.3 is 24.4 Å². The van der Waals surface area contributed by atoms with Crippen LogP contribution in [0.15, 0.2) is 71.3 Å². The van der Waals surface area contributed by atoms with Crippen LogP contribution >= 0.6 is 11.6 Å². The summed E-state index contributed by atoms with van der Waals surface area (Å²) in [4.78, 5) is 55.5. The number of carbonyl (C=O) groups excluding carboxylic acids is 3. The van der Waals surface area contributed by atoms with E-state index >= 15 is 0 Å². The molecule has 3 amide bonds. The molecular formula is C27H26ClN5O6. The second kappa shape index (κ2) is 10.8. The van der Waals surface area contributed by atoms with E-state index in [0.29, 0.717) is 18.6 Å². The highest BCUT2D eigenvalue weighted by molar-refractivity contribution is 6.32. The van der Waals surface area contributed by atoms with Crippen LogP contribution in [0.4, 0.5) is 11.4 Å². The molecule has 11 nitrogen and oxygen atoms in total. The van der Waals surface area contributed by atoms with Gasteiger partial charge in [-0.15, -0.1) is 0 Å². The van der Waals surface area contributed by atoms with Crippen LogP contribution in [0.5, 0.6) is 0 Å². The summed E-state index contributed by atoms with van der Waals surface area (Å²) in [6, 6.07) is 17.0. The van der Waals surface area contributed by atoms with E-state index in [0.717, 1.165) is 5.69 Å². The number of nitrogens with one attached hydrogen (secondary N) is 1. The molecule has 1 aromatic heterocycles. The number of nitro groups is 1. The van der Waals surface area contributed by atoms with E-state index in [4.69, 9.17) is 16.0 Å². The normalized spacial score (nSPS) is 16.5. The molecule has 0 saturated carbocycles. The molecule has 12 heteroatoms. The summed E-state index contributed by atoms with van der Waals surface area (Å²) in [6.45, 7) is 0.878. The maximum atomic E-state index is 13.8. The number of furan rings is 1. The van der Waals surface area contributed by atoms with Crippen molar-refractivity contribution in [2.45, 2.75) is 24.9 Å². The zero-order chi connectivity index (χ0) is 27.6. The first-order valence-corrected chi connectivity index (χ1v) is 12.8. The number of carbonyl (C=O) groups is 3. The van der Waals surface area contributed by atoms with Crippen LogP contribution < -0.4 is 10.2 Å². The molecule has 0 aliphatic carbocycles. The van der Waals surface area contributed by atoms with Crippen molar-refractivity contribution in [2.75, 3.05) is 31.2 Å². The summed E-state index contributed by atoms with van der Waals surface area (Å²) in [5.74, 6) is -0.229. The molecule has 0 unspecified atom stereocenters. The first-order chi connectivity index (χ1) is 18.8. The highest BCUT2D eigenvalue weighted by atomic mass is 35.5.